The highest BCUT2D eigenvalue weighted by atomic mass is 16.6. The van der Waals surface area contributed by atoms with Crippen LogP contribution in [0.4, 0.5) is 5.69 Å². The van der Waals surface area contributed by atoms with Gasteiger partial charge in [0.25, 0.3) is 11.6 Å². The number of benzene rings is 2. The van der Waals surface area contributed by atoms with E-state index in [2.05, 4.69) is 0 Å². The molecule has 2 atom stereocenters. The van der Waals surface area contributed by atoms with E-state index in [0.717, 1.165) is 9.47 Å². The van der Waals surface area contributed by atoms with Gasteiger partial charge >= 0.3 is 5.97 Å². The van der Waals surface area contributed by atoms with Gasteiger partial charge in [0.2, 0.25) is 0 Å². The second kappa shape index (κ2) is 7.12. The van der Waals surface area contributed by atoms with E-state index in [1.54, 1.807) is 18.2 Å². The molecule has 2 aromatic carbocycles. The summed E-state index contributed by atoms with van der Waals surface area (Å²) in [6.07, 6.45) is 0. The lowest BCUT2D eigenvalue weighted by atomic mass is 9.93. The summed E-state index contributed by atoms with van der Waals surface area (Å²) in [5.41, 5.74) is -1.73. The monoisotopic (exact) mass is 437 g/mol. The normalized spacial score (nSPS) is 19.6. The number of aliphatic carboxylic acids is 1. The number of nitrogens with zero attached hydrogens (tertiary/aromatic N) is 3. The van der Waals surface area contributed by atoms with Gasteiger partial charge in [0.05, 0.1) is 22.1 Å². The van der Waals surface area contributed by atoms with E-state index in [1.807, 2.05) is 0 Å². The summed E-state index contributed by atoms with van der Waals surface area (Å²) >= 11 is 0. The van der Waals surface area contributed by atoms with Crippen molar-refractivity contribution in [2.24, 2.45) is 7.05 Å². The summed E-state index contributed by atoms with van der Waals surface area (Å²) in [6.45, 7) is 1.28. The summed E-state index contributed by atoms with van der Waals surface area (Å²) in [6, 6.07) is 12.2. The van der Waals surface area contributed by atoms with Gasteiger partial charge in [-0.2, -0.15) is 0 Å². The van der Waals surface area contributed by atoms with E-state index < -0.39 is 40.1 Å². The molecular formula is C22H19N3O7. The summed E-state index contributed by atoms with van der Waals surface area (Å²) in [4.78, 5) is 37.7. The minimum Gasteiger partial charge on any atom is -0.494 e. The molecule has 164 valence electrons. The Morgan fingerprint density at radius 2 is 1.62 bits per heavy atom. The van der Waals surface area contributed by atoms with Crippen molar-refractivity contribution in [1.29, 1.82) is 0 Å². The van der Waals surface area contributed by atoms with Gasteiger partial charge in [-0.25, -0.2) is 4.79 Å². The smallest absolute Gasteiger partial charge is 0.334 e. The first-order valence-electron chi connectivity index (χ1n) is 9.58. The van der Waals surface area contributed by atoms with Crippen molar-refractivity contribution in [2.45, 2.75) is 18.5 Å². The van der Waals surface area contributed by atoms with Crippen molar-refractivity contribution in [2.75, 3.05) is 0 Å². The molecule has 1 aliphatic heterocycles. The summed E-state index contributed by atoms with van der Waals surface area (Å²) in [7, 11) is 1.36. The molecule has 10 heteroatoms. The van der Waals surface area contributed by atoms with Crippen molar-refractivity contribution in [1.82, 2.24) is 9.47 Å². The number of nitro groups is 1. The Labute approximate surface area is 181 Å². The number of carbonyl (C=O) groups is 2. The van der Waals surface area contributed by atoms with Crippen molar-refractivity contribution < 1.29 is 29.8 Å². The molecule has 4 rings (SSSR count). The van der Waals surface area contributed by atoms with Crippen LogP contribution in [0, 0.1) is 10.1 Å². The van der Waals surface area contributed by atoms with Crippen LogP contribution in [0.2, 0.25) is 0 Å². The minimum absolute atomic E-state index is 0.0491. The Morgan fingerprint density at radius 1 is 1.03 bits per heavy atom. The van der Waals surface area contributed by atoms with E-state index in [9.17, 15) is 35.0 Å². The molecule has 2 heterocycles. The Bertz CT molecular complexity index is 1250. The third-order valence-electron chi connectivity index (χ3n) is 5.95. The number of aromatic nitrogens is 1. The average molecular weight is 437 g/mol. The maximum absolute atomic E-state index is 13.6. The van der Waals surface area contributed by atoms with Gasteiger partial charge in [-0.3, -0.25) is 19.5 Å². The molecule has 1 aliphatic rings. The number of aromatic hydroxyl groups is 2. The summed E-state index contributed by atoms with van der Waals surface area (Å²) in [5, 5.41) is 42.7. The molecule has 0 unspecified atom stereocenters. The molecule has 0 saturated carbocycles. The molecule has 0 saturated heterocycles. The van der Waals surface area contributed by atoms with Gasteiger partial charge in [-0.1, -0.05) is 18.2 Å². The van der Waals surface area contributed by atoms with Gasteiger partial charge < -0.3 is 20.2 Å². The number of nitro benzene ring substituents is 1. The third-order valence-corrected chi connectivity index (χ3v) is 5.95. The number of non-ortho nitro benzene ring substituents is 1. The molecular weight excluding hydrogens is 418 g/mol. The van der Waals surface area contributed by atoms with Gasteiger partial charge in [-0.15, -0.1) is 0 Å². The number of hydrogen-bond donors (Lipinski definition) is 3. The summed E-state index contributed by atoms with van der Waals surface area (Å²) in [5.74, 6) is -2.95. The van der Waals surface area contributed by atoms with Crippen molar-refractivity contribution in [3.05, 3.63) is 87.0 Å². The van der Waals surface area contributed by atoms with E-state index in [-0.39, 0.29) is 22.4 Å². The Morgan fingerprint density at radius 3 is 2.16 bits per heavy atom. The van der Waals surface area contributed by atoms with Crippen LogP contribution in [-0.4, -0.2) is 41.6 Å². The number of amides is 1. The number of rotatable bonds is 4. The zero-order valence-electron chi connectivity index (χ0n) is 17.1. The molecule has 3 aromatic rings. The highest BCUT2D eigenvalue weighted by Crippen LogP contribution is 2.57. The molecule has 0 aliphatic carbocycles. The molecule has 0 bridgehead atoms. The van der Waals surface area contributed by atoms with Crippen LogP contribution < -0.4 is 0 Å². The molecule has 0 spiro atoms. The molecule has 0 radical (unpaired) electrons. The topological polar surface area (TPSA) is 146 Å². The first kappa shape index (κ1) is 20.9. The molecule has 32 heavy (non-hydrogen) atoms. The number of carbonyl (C=O) groups excluding carboxylic acids is 1. The number of carboxylic acid groups (broad SMARTS) is 1. The Hall–Kier alpha value is -4.34. The standard InChI is InChI=1S/C22H19N3O7/c1-22(21(29)30)16-15(19(27)23(2)20(16)28)17(12-8-10-14(11-9-12)25(31)32)24(22)18(26)13-6-4-3-5-7-13/h3-11,17,27-28H,1-2H3,(H,29,30)/t17-,22-/m0/s1. The van der Waals surface area contributed by atoms with E-state index in [4.69, 9.17) is 0 Å². The number of fused-ring (bicyclic) bond motifs is 1. The van der Waals surface area contributed by atoms with Gasteiger partial charge in [-0.05, 0) is 36.8 Å². The minimum atomic E-state index is -2.03. The molecule has 3 N–H and O–H groups in total. The maximum Gasteiger partial charge on any atom is 0.334 e. The largest absolute Gasteiger partial charge is 0.494 e. The molecule has 0 fully saturated rings. The van der Waals surface area contributed by atoms with Crippen molar-refractivity contribution in [3.63, 3.8) is 0 Å². The average Bonchev–Trinajstić information content (AvgIpc) is 3.19. The number of carboxylic acids is 1. The van der Waals surface area contributed by atoms with Gasteiger partial charge in [0, 0.05) is 24.7 Å². The lowest BCUT2D eigenvalue weighted by Gasteiger charge is -2.36. The quantitative estimate of drug-likeness (QED) is 0.420. The second-order valence-corrected chi connectivity index (χ2v) is 7.66. The maximum atomic E-state index is 13.6. The van der Waals surface area contributed by atoms with Crippen LogP contribution in [0.1, 0.15) is 40.0 Å². The fourth-order valence-corrected chi connectivity index (χ4v) is 4.27. The zero-order valence-corrected chi connectivity index (χ0v) is 17.1. The SMILES string of the molecule is Cn1c(O)c2c(c1O)[C@@](C)(C(=O)O)N(C(=O)c1ccccc1)[C@H]2c1ccc([N+](=O)[O-])cc1. The summed E-state index contributed by atoms with van der Waals surface area (Å²) < 4.78 is 1.04. The fraction of sp³-hybridized carbons (Fsp3) is 0.182. The predicted molar refractivity (Wildman–Crippen MR) is 111 cm³/mol. The van der Waals surface area contributed by atoms with Crippen LogP contribution in [-0.2, 0) is 17.4 Å². The molecule has 10 nitrogen and oxygen atoms in total. The van der Waals surface area contributed by atoms with E-state index >= 15 is 0 Å². The fourth-order valence-electron chi connectivity index (χ4n) is 4.27. The lowest BCUT2D eigenvalue weighted by Crippen LogP contribution is -2.50. The van der Waals surface area contributed by atoms with Crippen molar-refractivity contribution in [3.8, 4) is 11.8 Å². The highest BCUT2D eigenvalue weighted by Gasteiger charge is 2.59. The zero-order chi connectivity index (χ0) is 23.4. The van der Waals surface area contributed by atoms with Crippen molar-refractivity contribution >= 4 is 17.6 Å². The highest BCUT2D eigenvalue weighted by molar-refractivity contribution is 6.00. The van der Waals surface area contributed by atoms with Crippen LogP contribution in [0.3, 0.4) is 0 Å². The second-order valence-electron chi connectivity index (χ2n) is 7.66. The van der Waals surface area contributed by atoms with E-state index in [0.29, 0.717) is 5.56 Å². The molecule has 1 aromatic heterocycles. The van der Waals surface area contributed by atoms with Crippen LogP contribution >= 0.6 is 0 Å². The lowest BCUT2D eigenvalue weighted by molar-refractivity contribution is -0.384. The number of hydrogen-bond acceptors (Lipinski definition) is 6. The van der Waals surface area contributed by atoms with E-state index in [1.165, 1.54) is 50.4 Å². The first-order valence-corrected chi connectivity index (χ1v) is 9.58. The molecule has 1 amide bonds. The Balaban J connectivity index is 2.01. The first-order chi connectivity index (χ1) is 15.1. The van der Waals surface area contributed by atoms with Gasteiger partial charge in [0.1, 0.15) is 0 Å². The predicted octanol–water partition coefficient (Wildman–Crippen LogP) is 2.89. The van der Waals surface area contributed by atoms with Crippen LogP contribution in [0.5, 0.6) is 11.8 Å². The van der Waals surface area contributed by atoms with Crippen LogP contribution in [0.15, 0.2) is 54.6 Å². The van der Waals surface area contributed by atoms with Gasteiger partial charge in [0.15, 0.2) is 17.3 Å². The van der Waals surface area contributed by atoms with Crippen LogP contribution in [0.25, 0.3) is 0 Å². The third kappa shape index (κ3) is 2.73. The Kier molecular flexibility index (Phi) is 4.65.